The van der Waals surface area contributed by atoms with Crippen LogP contribution in [0.4, 0.5) is 13.2 Å². The summed E-state index contributed by atoms with van der Waals surface area (Å²) in [4.78, 5) is 167. The molecule has 11 amide bonds. The van der Waals surface area contributed by atoms with E-state index in [-0.39, 0.29) is 68.6 Å². The van der Waals surface area contributed by atoms with E-state index in [1.54, 1.807) is 13.8 Å². The first-order valence-electron chi connectivity index (χ1n) is 31.9. The van der Waals surface area contributed by atoms with Crippen LogP contribution < -0.4 is 21.3 Å². The smallest absolute Gasteiger partial charge is 0.343 e. The predicted molar refractivity (Wildman–Crippen MR) is 336 cm³/mol. The van der Waals surface area contributed by atoms with Crippen molar-refractivity contribution < 1.29 is 65.9 Å². The van der Waals surface area contributed by atoms with Gasteiger partial charge in [0, 0.05) is 61.8 Å². The molecule has 0 bridgehead atoms. The zero-order valence-corrected chi connectivity index (χ0v) is 56.8. The number of carbonyl (C=O) groups is 11. The Morgan fingerprint density at radius 1 is 0.556 bits per heavy atom. The molecule has 0 aromatic heterocycles. The van der Waals surface area contributed by atoms with E-state index < -0.39 is 150 Å². The molecule has 8 atom stereocenters. The fraction of sp³-hybridized carbons (Fsp3) is 0.738. The number of halogens is 3. The van der Waals surface area contributed by atoms with Crippen LogP contribution in [0, 0.1) is 29.6 Å². The average molecular weight is 1270 g/mol. The number of aryl methyl sites for hydroxylation is 1. The van der Waals surface area contributed by atoms with Gasteiger partial charge in [0.1, 0.15) is 41.8 Å². The number of nitrogens with zero attached hydrogens (tertiary/aromatic N) is 7. The lowest BCUT2D eigenvalue weighted by Gasteiger charge is -2.39. The van der Waals surface area contributed by atoms with E-state index in [1.165, 1.54) is 90.0 Å². The summed E-state index contributed by atoms with van der Waals surface area (Å²) in [7, 11) is 9.94. The molecule has 1 aliphatic carbocycles. The van der Waals surface area contributed by atoms with Gasteiger partial charge in [0.25, 0.3) is 0 Å². The molecule has 1 unspecified atom stereocenters. The largest absolute Gasteiger partial charge is 0.416 e. The van der Waals surface area contributed by atoms with Gasteiger partial charge in [-0.25, -0.2) is 0 Å². The maximum atomic E-state index is 14.8. The van der Waals surface area contributed by atoms with Gasteiger partial charge in [0.15, 0.2) is 0 Å². The van der Waals surface area contributed by atoms with Crippen LogP contribution in [-0.2, 0) is 65.3 Å². The predicted octanol–water partition coefficient (Wildman–Crippen LogP) is 5.25. The number of hydrogen-bond donors (Lipinski definition) is 4. The Morgan fingerprint density at radius 2 is 1.08 bits per heavy atom. The van der Waals surface area contributed by atoms with Gasteiger partial charge in [0.05, 0.1) is 25.2 Å². The second-order valence-corrected chi connectivity index (χ2v) is 27.1. The summed E-state index contributed by atoms with van der Waals surface area (Å²) in [5.41, 5.74) is -2.17. The topological polar surface area (TPSA) is 259 Å². The Kier molecular flexibility index (Phi) is 29.7. The molecule has 22 nitrogen and oxygen atoms in total. The van der Waals surface area contributed by atoms with E-state index in [9.17, 15) is 65.9 Å². The number of nitrogens with one attached hydrogen (secondary N) is 4. The Labute approximate surface area is 532 Å². The van der Waals surface area contributed by atoms with Crippen LogP contribution in [-0.4, -0.2) is 216 Å². The molecule has 1 aromatic rings. The minimum atomic E-state index is -4.61. The molecule has 1 saturated carbocycles. The van der Waals surface area contributed by atoms with E-state index in [0.29, 0.717) is 12.0 Å². The number of benzene rings is 1. The van der Waals surface area contributed by atoms with Gasteiger partial charge in [-0.15, -0.1) is 0 Å². The third-order valence-corrected chi connectivity index (χ3v) is 17.9. The quantitative estimate of drug-likeness (QED) is 0.198. The molecule has 2 fully saturated rings. The molecular weight excluding hydrogens is 1170 g/mol. The van der Waals surface area contributed by atoms with Crippen molar-refractivity contribution in [3.8, 4) is 0 Å². The summed E-state index contributed by atoms with van der Waals surface area (Å²) in [5, 5.41) is 11.2. The first-order valence-corrected chi connectivity index (χ1v) is 31.9. The minimum Gasteiger partial charge on any atom is -0.343 e. The van der Waals surface area contributed by atoms with Crippen molar-refractivity contribution >= 4 is 65.0 Å². The van der Waals surface area contributed by atoms with Gasteiger partial charge in [-0.05, 0) is 107 Å². The van der Waals surface area contributed by atoms with E-state index >= 15 is 0 Å². The van der Waals surface area contributed by atoms with Crippen molar-refractivity contribution in [3.63, 3.8) is 0 Å². The van der Waals surface area contributed by atoms with Gasteiger partial charge in [-0.2, -0.15) is 13.2 Å². The molecule has 1 aliphatic heterocycles. The van der Waals surface area contributed by atoms with Crippen LogP contribution in [0.15, 0.2) is 24.3 Å². The van der Waals surface area contributed by atoms with Crippen molar-refractivity contribution in [1.82, 2.24) is 55.6 Å². The first kappa shape index (κ1) is 77.4. The molecule has 2 aliphatic rings. The second-order valence-electron chi connectivity index (χ2n) is 27.1. The molecule has 3 rings (SSSR count). The van der Waals surface area contributed by atoms with Crippen LogP contribution in [0.5, 0.6) is 0 Å². The van der Waals surface area contributed by atoms with Gasteiger partial charge in [0.2, 0.25) is 65.0 Å². The van der Waals surface area contributed by atoms with Crippen LogP contribution >= 0.6 is 0 Å². The normalized spacial score (nSPS) is 25.0. The van der Waals surface area contributed by atoms with Crippen LogP contribution in [0.1, 0.15) is 164 Å². The number of hydrogen-bond acceptors (Lipinski definition) is 11. The molecule has 4 N–H and O–H groups in total. The Hall–Kier alpha value is -6.82. The molecule has 25 heteroatoms. The molecular formula is C65H106F3N11O11. The third-order valence-electron chi connectivity index (χ3n) is 17.9. The zero-order chi connectivity index (χ0) is 68.4. The lowest BCUT2D eigenvalue weighted by molar-refractivity contribution is -0.149. The fourth-order valence-corrected chi connectivity index (χ4v) is 11.3. The summed E-state index contributed by atoms with van der Waals surface area (Å²) >= 11 is 0. The van der Waals surface area contributed by atoms with Crippen LogP contribution in [0.3, 0.4) is 0 Å². The van der Waals surface area contributed by atoms with E-state index in [2.05, 4.69) is 21.3 Å². The molecule has 1 saturated heterocycles. The highest BCUT2D eigenvalue weighted by Crippen LogP contribution is 2.31. The van der Waals surface area contributed by atoms with Crippen molar-refractivity contribution in [2.75, 3.05) is 69.0 Å². The number of alkyl halides is 3. The fourth-order valence-electron chi connectivity index (χ4n) is 11.3. The van der Waals surface area contributed by atoms with Crippen molar-refractivity contribution in [1.29, 1.82) is 0 Å². The molecule has 1 heterocycles. The Bertz CT molecular complexity index is 2650. The lowest BCUT2D eigenvalue weighted by Crippen LogP contribution is -2.63. The Morgan fingerprint density at radius 3 is 1.61 bits per heavy atom. The summed E-state index contributed by atoms with van der Waals surface area (Å²) in [6.07, 6.45) is 0.405. The van der Waals surface area contributed by atoms with Gasteiger partial charge in [-0.3, -0.25) is 52.7 Å². The highest BCUT2D eigenvalue weighted by molar-refractivity contribution is 5.98. The standard InChI is InChI=1S/C65H106F3N11O11/c1-19-42(8)56-62(89)75(14)37-54(82)73(12)38-55(83)78(17)51(35-45-23-21-20-22-24-45)61(88)74(13)36-52(80)69-47(30-27-44-25-28-46(29-26-44)65(66,67)68)57(84)70-49(32-40(4)5)60(87)79(18)64(10,11)63(90)71-48(31-39(2)3)59(86)76(15)43(9)34-53(81)77(16)50(33-41(6)7)58(85)72-56/h25-26,28-29,39-43,45,47-51,56H,19-24,27,30-38H2,1-18H3,(H,69,80)(H,70,84)(H,71,90)(H,72,85)/t42?,43-,47+,48+,49+,50+,51+,56+/m1/s1. The van der Waals surface area contributed by atoms with Gasteiger partial charge in [-0.1, -0.05) is 106 Å². The summed E-state index contributed by atoms with van der Waals surface area (Å²) in [6, 6.07) is -3.66. The lowest BCUT2D eigenvalue weighted by atomic mass is 9.84. The monoisotopic (exact) mass is 1270 g/mol. The molecule has 90 heavy (non-hydrogen) atoms. The summed E-state index contributed by atoms with van der Waals surface area (Å²) in [6.45, 7) is 17.7. The SMILES string of the molecule is CCC(C)[C@@H]1NC(=O)[C@H](CC(C)C)N(C)C(=O)C[C@@H](C)N(C)C(=O)[C@H](CC(C)C)NC(=O)C(C)(C)N(C)C(=O)[C@H](CC(C)C)NC(=O)[C@H](CCc2ccc(C(F)(F)F)cc2)NC(=O)CN(C)C(=O)[C@H](CC2CCCCC2)N(C)C(=O)CN(C)C(=O)CN(C)C1=O. The van der Waals surface area contributed by atoms with Crippen molar-refractivity contribution in [3.05, 3.63) is 35.4 Å². The number of carbonyl (C=O) groups excluding carboxylic acids is 11. The minimum absolute atomic E-state index is 0.0196. The van der Waals surface area contributed by atoms with Crippen LogP contribution in [0.25, 0.3) is 0 Å². The van der Waals surface area contributed by atoms with Gasteiger partial charge >= 0.3 is 6.18 Å². The number of likely N-dealkylation sites (N-methyl/N-ethyl adjacent to an activating group) is 7. The molecule has 0 spiro atoms. The highest BCUT2D eigenvalue weighted by Gasteiger charge is 2.43. The summed E-state index contributed by atoms with van der Waals surface area (Å²) in [5.74, 6) is -8.06. The molecule has 0 radical (unpaired) electrons. The molecule has 1 aromatic carbocycles. The third kappa shape index (κ3) is 22.5. The number of rotatable bonds is 13. The van der Waals surface area contributed by atoms with E-state index in [1.807, 2.05) is 48.5 Å². The van der Waals surface area contributed by atoms with Crippen LogP contribution in [0.2, 0.25) is 0 Å². The zero-order valence-electron chi connectivity index (χ0n) is 56.8. The van der Waals surface area contributed by atoms with Crippen molar-refractivity contribution in [2.45, 2.75) is 214 Å². The second kappa shape index (κ2) is 34.6. The van der Waals surface area contributed by atoms with Gasteiger partial charge < -0.3 is 55.6 Å². The first-order chi connectivity index (χ1) is 41.7. The maximum absolute atomic E-state index is 14.8. The average Bonchev–Trinajstić information content (AvgIpc) is 0.890. The highest BCUT2D eigenvalue weighted by atomic mass is 19.4. The molecule has 508 valence electrons. The van der Waals surface area contributed by atoms with E-state index in [4.69, 9.17) is 0 Å². The Balaban J connectivity index is 2.20. The van der Waals surface area contributed by atoms with E-state index in [0.717, 1.165) is 63.8 Å². The maximum Gasteiger partial charge on any atom is 0.416 e. The van der Waals surface area contributed by atoms with Crippen molar-refractivity contribution in [2.24, 2.45) is 29.6 Å². The summed E-state index contributed by atoms with van der Waals surface area (Å²) < 4.78 is 40.7. The number of amides is 11.